The second-order valence-corrected chi connectivity index (χ2v) is 5.01. The van der Waals surface area contributed by atoms with E-state index < -0.39 is 5.91 Å². The Kier molecular flexibility index (Phi) is 3.59. The maximum Gasteiger partial charge on any atom is 0.279 e. The van der Waals surface area contributed by atoms with Gasteiger partial charge in [-0.3, -0.25) is 9.89 Å². The molecule has 21 heavy (non-hydrogen) atoms. The number of H-pyrrole nitrogens is 2. The van der Waals surface area contributed by atoms with Gasteiger partial charge in [0.25, 0.3) is 5.91 Å². The highest BCUT2D eigenvalue weighted by Gasteiger charge is 2.12. The van der Waals surface area contributed by atoms with E-state index in [1.807, 2.05) is 0 Å². The van der Waals surface area contributed by atoms with Gasteiger partial charge in [-0.25, -0.2) is 0 Å². The van der Waals surface area contributed by atoms with Crippen LogP contribution in [0, 0.1) is 0 Å². The summed E-state index contributed by atoms with van der Waals surface area (Å²) in [7, 11) is 0. The largest absolute Gasteiger partial charge is 0.304 e. The number of hydrogen-bond acceptors (Lipinski definition) is 4. The minimum Gasteiger partial charge on any atom is -0.304 e. The van der Waals surface area contributed by atoms with E-state index in [1.165, 1.54) is 6.20 Å². The van der Waals surface area contributed by atoms with Crippen LogP contribution in [0.5, 0.6) is 0 Å². The van der Waals surface area contributed by atoms with Crippen LogP contribution < -0.4 is 5.32 Å². The molecule has 0 spiro atoms. The van der Waals surface area contributed by atoms with Gasteiger partial charge in [0.2, 0.25) is 0 Å². The number of nitrogens with zero attached hydrogens (tertiary/aromatic N) is 3. The highest BCUT2D eigenvalue weighted by atomic mass is 35.5. The molecular weight excluding hydrogens is 315 g/mol. The Morgan fingerprint density at radius 3 is 2.52 bits per heavy atom. The summed E-state index contributed by atoms with van der Waals surface area (Å²) < 4.78 is 0. The standard InChI is InChI=1S/C12H8Cl2N6O/c13-7-1-6(2-8(14)3-7)9-4-11(19-17-9)16-12(21)10-5-15-20-18-10/h1-5H,(H,15,18,20)(H2,16,17,19,21). The van der Waals surface area contributed by atoms with Crippen molar-refractivity contribution in [2.75, 3.05) is 5.32 Å². The molecule has 0 atom stereocenters. The third-order valence-electron chi connectivity index (χ3n) is 2.64. The van der Waals surface area contributed by atoms with Crippen molar-refractivity contribution < 1.29 is 4.79 Å². The molecule has 0 saturated heterocycles. The van der Waals surface area contributed by atoms with Gasteiger partial charge in [-0.05, 0) is 18.2 Å². The predicted molar refractivity (Wildman–Crippen MR) is 78.4 cm³/mol. The lowest BCUT2D eigenvalue weighted by Crippen LogP contribution is -2.12. The lowest BCUT2D eigenvalue weighted by Gasteiger charge is -1.99. The molecule has 0 aliphatic carbocycles. The van der Waals surface area contributed by atoms with Crippen molar-refractivity contribution in [3.05, 3.63) is 46.2 Å². The van der Waals surface area contributed by atoms with Crippen molar-refractivity contribution in [2.24, 2.45) is 0 Å². The van der Waals surface area contributed by atoms with Crippen molar-refractivity contribution >= 4 is 34.9 Å². The van der Waals surface area contributed by atoms with Crippen LogP contribution in [-0.2, 0) is 0 Å². The first kappa shape index (κ1) is 13.6. The monoisotopic (exact) mass is 322 g/mol. The SMILES string of the molecule is O=C(Nc1cc(-c2cc(Cl)cc(Cl)c2)[nH]n1)c1cn[nH]n1. The van der Waals surface area contributed by atoms with Crippen molar-refractivity contribution in [1.29, 1.82) is 0 Å². The van der Waals surface area contributed by atoms with E-state index in [-0.39, 0.29) is 5.69 Å². The number of aromatic nitrogens is 5. The minimum atomic E-state index is -0.411. The van der Waals surface area contributed by atoms with Crippen molar-refractivity contribution in [3.8, 4) is 11.3 Å². The van der Waals surface area contributed by atoms with Gasteiger partial charge in [-0.15, -0.1) is 0 Å². The number of benzene rings is 1. The molecule has 0 aliphatic rings. The first-order valence-electron chi connectivity index (χ1n) is 5.81. The van der Waals surface area contributed by atoms with Gasteiger partial charge < -0.3 is 5.32 Å². The number of amides is 1. The van der Waals surface area contributed by atoms with Crippen molar-refractivity contribution in [2.45, 2.75) is 0 Å². The average molecular weight is 323 g/mol. The summed E-state index contributed by atoms with van der Waals surface area (Å²) in [6.45, 7) is 0. The molecule has 2 heterocycles. The van der Waals surface area contributed by atoms with Crippen LogP contribution in [0.1, 0.15) is 10.5 Å². The average Bonchev–Trinajstić information content (AvgIpc) is 3.08. The summed E-state index contributed by atoms with van der Waals surface area (Å²) >= 11 is 11.9. The summed E-state index contributed by atoms with van der Waals surface area (Å²) in [4.78, 5) is 11.8. The lowest BCUT2D eigenvalue weighted by atomic mass is 10.1. The van der Waals surface area contributed by atoms with Gasteiger partial charge in [-0.1, -0.05) is 23.2 Å². The molecule has 2 aromatic heterocycles. The summed E-state index contributed by atoms with van der Waals surface area (Å²) in [6.07, 6.45) is 1.32. The van der Waals surface area contributed by atoms with E-state index in [0.717, 1.165) is 5.56 Å². The first-order valence-corrected chi connectivity index (χ1v) is 6.56. The Balaban J connectivity index is 1.81. The molecule has 0 bridgehead atoms. The van der Waals surface area contributed by atoms with E-state index in [4.69, 9.17) is 23.2 Å². The number of halogens is 2. The molecule has 1 aromatic carbocycles. The van der Waals surface area contributed by atoms with Gasteiger partial charge in [0.05, 0.1) is 11.9 Å². The number of carbonyl (C=O) groups is 1. The fraction of sp³-hybridized carbons (Fsp3) is 0. The molecule has 0 radical (unpaired) electrons. The van der Waals surface area contributed by atoms with E-state index in [1.54, 1.807) is 24.3 Å². The van der Waals surface area contributed by atoms with Crippen LogP contribution in [0.4, 0.5) is 5.82 Å². The summed E-state index contributed by atoms with van der Waals surface area (Å²) in [6, 6.07) is 6.78. The van der Waals surface area contributed by atoms with Crippen LogP contribution in [-0.4, -0.2) is 31.5 Å². The lowest BCUT2D eigenvalue weighted by molar-refractivity contribution is 0.102. The highest BCUT2D eigenvalue weighted by molar-refractivity contribution is 6.35. The third kappa shape index (κ3) is 3.04. The fourth-order valence-electron chi connectivity index (χ4n) is 1.73. The second-order valence-electron chi connectivity index (χ2n) is 4.13. The Labute approximate surface area is 128 Å². The highest BCUT2D eigenvalue weighted by Crippen LogP contribution is 2.27. The van der Waals surface area contributed by atoms with E-state index >= 15 is 0 Å². The normalized spacial score (nSPS) is 10.6. The molecule has 0 saturated carbocycles. The second kappa shape index (κ2) is 5.55. The molecule has 0 fully saturated rings. The summed E-state index contributed by atoms with van der Waals surface area (Å²) in [5.41, 5.74) is 1.61. The van der Waals surface area contributed by atoms with Crippen LogP contribution in [0.15, 0.2) is 30.5 Å². The zero-order valence-corrected chi connectivity index (χ0v) is 11.9. The van der Waals surface area contributed by atoms with Crippen LogP contribution in [0.3, 0.4) is 0 Å². The maximum absolute atomic E-state index is 11.8. The van der Waals surface area contributed by atoms with Crippen molar-refractivity contribution in [1.82, 2.24) is 25.6 Å². The Bertz CT molecular complexity index is 763. The zero-order chi connectivity index (χ0) is 14.8. The molecule has 9 heteroatoms. The molecular formula is C12H8Cl2N6O. The number of nitrogens with one attached hydrogen (secondary N) is 3. The molecule has 0 aliphatic heterocycles. The molecule has 3 aromatic rings. The third-order valence-corrected chi connectivity index (χ3v) is 3.08. The van der Waals surface area contributed by atoms with E-state index in [9.17, 15) is 4.79 Å². The number of rotatable bonds is 3. The van der Waals surface area contributed by atoms with Gasteiger partial charge in [-0.2, -0.15) is 20.5 Å². The van der Waals surface area contributed by atoms with Gasteiger partial charge in [0.1, 0.15) is 0 Å². The topological polar surface area (TPSA) is 99.4 Å². The number of hydrogen-bond donors (Lipinski definition) is 3. The Morgan fingerprint density at radius 2 is 1.86 bits per heavy atom. The summed E-state index contributed by atoms with van der Waals surface area (Å²) in [5, 5.41) is 20.0. The predicted octanol–water partition coefficient (Wildman–Crippen LogP) is 2.75. The summed E-state index contributed by atoms with van der Waals surface area (Å²) in [5.74, 6) is -0.0555. The minimum absolute atomic E-state index is 0.172. The Hall–Kier alpha value is -2.38. The van der Waals surface area contributed by atoms with Crippen LogP contribution in [0.25, 0.3) is 11.3 Å². The molecule has 3 rings (SSSR count). The first-order chi connectivity index (χ1) is 10.1. The molecule has 0 unspecified atom stereocenters. The quantitative estimate of drug-likeness (QED) is 0.690. The fourth-order valence-corrected chi connectivity index (χ4v) is 2.26. The molecule has 106 valence electrons. The van der Waals surface area contributed by atoms with E-state index in [0.29, 0.717) is 21.6 Å². The van der Waals surface area contributed by atoms with Crippen LogP contribution >= 0.6 is 23.2 Å². The number of anilines is 1. The van der Waals surface area contributed by atoms with Crippen molar-refractivity contribution in [3.63, 3.8) is 0 Å². The smallest absolute Gasteiger partial charge is 0.279 e. The zero-order valence-electron chi connectivity index (χ0n) is 10.4. The maximum atomic E-state index is 11.8. The Morgan fingerprint density at radius 1 is 1.10 bits per heavy atom. The molecule has 1 amide bonds. The van der Waals surface area contributed by atoms with Crippen LogP contribution in [0.2, 0.25) is 10.0 Å². The molecule has 7 nitrogen and oxygen atoms in total. The number of aromatic amines is 2. The van der Waals surface area contributed by atoms with E-state index in [2.05, 4.69) is 30.9 Å². The number of carbonyl (C=O) groups excluding carboxylic acids is 1. The molecule has 3 N–H and O–H groups in total. The van der Waals surface area contributed by atoms with Gasteiger partial charge >= 0.3 is 0 Å². The van der Waals surface area contributed by atoms with Gasteiger partial charge in [0, 0.05) is 21.7 Å². The van der Waals surface area contributed by atoms with Gasteiger partial charge in [0.15, 0.2) is 11.5 Å².